The first kappa shape index (κ1) is 17.3. The number of amides is 2. The highest BCUT2D eigenvalue weighted by atomic mass is 19.4. The Bertz CT molecular complexity index is 475. The Hall–Kier alpha value is -1.79. The van der Waals surface area contributed by atoms with E-state index in [1.165, 1.54) is 0 Å². The number of benzene rings is 1. The molecule has 0 aliphatic heterocycles. The number of rotatable bonds is 6. The Balaban J connectivity index is 2.47. The summed E-state index contributed by atoms with van der Waals surface area (Å²) in [7, 11) is 0. The maximum Gasteiger partial charge on any atom is 0.416 e. The second-order valence-electron chi connectivity index (χ2n) is 4.62. The molecule has 0 aliphatic rings. The number of carbonyl (C=O) groups is 1. The van der Waals surface area contributed by atoms with Gasteiger partial charge in [0.2, 0.25) is 0 Å². The zero-order valence-electron chi connectivity index (χ0n) is 11.7. The van der Waals surface area contributed by atoms with Crippen molar-refractivity contribution in [3.8, 4) is 0 Å². The third-order valence-corrected chi connectivity index (χ3v) is 2.89. The Morgan fingerprint density at radius 1 is 1.19 bits per heavy atom. The summed E-state index contributed by atoms with van der Waals surface area (Å²) in [6.07, 6.45) is -1.71. The topological polar surface area (TPSA) is 41.1 Å². The molecule has 0 aliphatic carbocycles. The summed E-state index contributed by atoms with van der Waals surface area (Å²) >= 11 is 0. The van der Waals surface area contributed by atoms with E-state index < -0.39 is 23.6 Å². The van der Waals surface area contributed by atoms with Gasteiger partial charge in [-0.05, 0) is 18.6 Å². The summed E-state index contributed by atoms with van der Waals surface area (Å²) in [5, 5.41) is 4.99. The highest BCUT2D eigenvalue weighted by Crippen LogP contribution is 2.30. The number of carbonyl (C=O) groups excluding carboxylic acids is 1. The van der Waals surface area contributed by atoms with Crippen LogP contribution in [0.15, 0.2) is 18.2 Å². The average Bonchev–Trinajstić information content (AvgIpc) is 2.41. The van der Waals surface area contributed by atoms with Gasteiger partial charge < -0.3 is 10.6 Å². The van der Waals surface area contributed by atoms with Crippen molar-refractivity contribution < 1.29 is 22.4 Å². The molecule has 2 amide bonds. The number of unbranched alkanes of at least 4 members (excludes halogenated alkanes) is 2. The largest absolute Gasteiger partial charge is 0.416 e. The second kappa shape index (κ2) is 7.85. The molecule has 0 fully saturated rings. The molecular weight excluding hydrogens is 288 g/mol. The molecule has 1 rings (SSSR count). The van der Waals surface area contributed by atoms with Crippen LogP contribution in [0, 0.1) is 5.82 Å². The molecule has 7 heteroatoms. The van der Waals surface area contributed by atoms with Crippen LogP contribution in [0.4, 0.5) is 22.4 Å². The van der Waals surface area contributed by atoms with Crippen molar-refractivity contribution in [1.82, 2.24) is 10.6 Å². The van der Waals surface area contributed by atoms with Crippen molar-refractivity contribution in [2.24, 2.45) is 0 Å². The van der Waals surface area contributed by atoms with E-state index in [1.54, 1.807) is 0 Å². The van der Waals surface area contributed by atoms with Gasteiger partial charge in [-0.25, -0.2) is 9.18 Å². The van der Waals surface area contributed by atoms with Gasteiger partial charge in [0.25, 0.3) is 0 Å². The normalized spacial score (nSPS) is 11.3. The summed E-state index contributed by atoms with van der Waals surface area (Å²) in [5.41, 5.74) is -1.04. The van der Waals surface area contributed by atoms with Crippen LogP contribution in [-0.4, -0.2) is 12.6 Å². The van der Waals surface area contributed by atoms with Gasteiger partial charge >= 0.3 is 12.2 Å². The van der Waals surface area contributed by atoms with E-state index in [2.05, 4.69) is 10.6 Å². The van der Waals surface area contributed by atoms with E-state index in [0.29, 0.717) is 12.6 Å². The number of urea groups is 1. The van der Waals surface area contributed by atoms with Gasteiger partial charge in [-0.15, -0.1) is 0 Å². The lowest BCUT2D eigenvalue weighted by atomic mass is 10.1. The van der Waals surface area contributed by atoms with E-state index >= 15 is 0 Å². The zero-order valence-corrected chi connectivity index (χ0v) is 11.7. The molecule has 0 atom stereocenters. The molecule has 0 saturated heterocycles. The molecule has 3 nitrogen and oxygen atoms in total. The summed E-state index contributed by atoms with van der Waals surface area (Å²) in [6, 6.07) is 1.77. The monoisotopic (exact) mass is 306 g/mol. The van der Waals surface area contributed by atoms with Gasteiger partial charge in [0.05, 0.1) is 5.56 Å². The Morgan fingerprint density at radius 2 is 1.90 bits per heavy atom. The molecule has 0 unspecified atom stereocenters. The quantitative estimate of drug-likeness (QED) is 0.608. The number of nitrogens with one attached hydrogen (secondary N) is 2. The molecule has 1 aromatic carbocycles. The summed E-state index contributed by atoms with van der Waals surface area (Å²) in [6.45, 7) is 2.38. The maximum absolute atomic E-state index is 13.5. The molecule has 0 radical (unpaired) electrons. The fourth-order valence-electron chi connectivity index (χ4n) is 1.68. The first-order valence-electron chi connectivity index (χ1n) is 6.72. The minimum Gasteiger partial charge on any atom is -0.338 e. The van der Waals surface area contributed by atoms with Crippen LogP contribution in [0.3, 0.4) is 0 Å². The van der Waals surface area contributed by atoms with Gasteiger partial charge in [-0.2, -0.15) is 13.2 Å². The lowest BCUT2D eigenvalue weighted by Gasteiger charge is -2.10. The molecule has 0 heterocycles. The third-order valence-electron chi connectivity index (χ3n) is 2.89. The van der Waals surface area contributed by atoms with E-state index in [4.69, 9.17) is 0 Å². The minimum atomic E-state index is -4.58. The highest BCUT2D eigenvalue weighted by Gasteiger charge is 2.31. The molecule has 0 saturated carbocycles. The van der Waals surface area contributed by atoms with Gasteiger partial charge in [0.15, 0.2) is 0 Å². The van der Waals surface area contributed by atoms with Gasteiger partial charge in [-0.3, -0.25) is 0 Å². The van der Waals surface area contributed by atoms with Crippen molar-refractivity contribution >= 4 is 6.03 Å². The summed E-state index contributed by atoms with van der Waals surface area (Å²) in [4.78, 5) is 11.4. The van der Waals surface area contributed by atoms with E-state index in [-0.39, 0.29) is 12.1 Å². The van der Waals surface area contributed by atoms with Crippen molar-refractivity contribution in [1.29, 1.82) is 0 Å². The average molecular weight is 306 g/mol. The van der Waals surface area contributed by atoms with Crippen LogP contribution in [-0.2, 0) is 12.7 Å². The van der Waals surface area contributed by atoms with Crippen molar-refractivity contribution in [2.45, 2.75) is 38.9 Å². The van der Waals surface area contributed by atoms with Gasteiger partial charge in [-0.1, -0.05) is 25.8 Å². The first-order valence-corrected chi connectivity index (χ1v) is 6.72. The highest BCUT2D eigenvalue weighted by molar-refractivity contribution is 5.73. The number of alkyl halides is 3. The second-order valence-corrected chi connectivity index (χ2v) is 4.62. The smallest absolute Gasteiger partial charge is 0.338 e. The van der Waals surface area contributed by atoms with E-state index in [9.17, 15) is 22.4 Å². The lowest BCUT2D eigenvalue weighted by Crippen LogP contribution is -2.35. The predicted molar refractivity (Wildman–Crippen MR) is 71.2 cm³/mol. The van der Waals surface area contributed by atoms with Crippen LogP contribution >= 0.6 is 0 Å². The molecule has 0 spiro atoms. The standard InChI is InChI=1S/C14H18F4N2O/c1-2-3-4-7-19-13(21)20-9-10-5-6-11(8-12(10)15)14(16,17)18/h5-6,8H,2-4,7,9H2,1H3,(H2,19,20,21). The van der Waals surface area contributed by atoms with E-state index in [0.717, 1.165) is 31.4 Å². The van der Waals surface area contributed by atoms with Crippen molar-refractivity contribution in [2.75, 3.05) is 6.54 Å². The summed E-state index contributed by atoms with van der Waals surface area (Å²) < 4.78 is 50.6. The number of halogens is 4. The predicted octanol–water partition coefficient (Wildman–Crippen LogP) is 3.83. The van der Waals surface area contributed by atoms with Crippen molar-refractivity contribution in [3.63, 3.8) is 0 Å². The SMILES string of the molecule is CCCCCNC(=O)NCc1ccc(C(F)(F)F)cc1F. The molecule has 118 valence electrons. The van der Waals surface area contributed by atoms with Crippen LogP contribution < -0.4 is 10.6 Å². The van der Waals surface area contributed by atoms with Crippen LogP contribution in [0.25, 0.3) is 0 Å². The van der Waals surface area contributed by atoms with Gasteiger partial charge in [0, 0.05) is 18.7 Å². The number of hydrogen-bond acceptors (Lipinski definition) is 1. The fraction of sp³-hybridized carbons (Fsp3) is 0.500. The first-order chi connectivity index (χ1) is 9.84. The van der Waals surface area contributed by atoms with Crippen molar-refractivity contribution in [3.05, 3.63) is 35.1 Å². The molecule has 1 aromatic rings. The Kier molecular flexibility index (Phi) is 6.45. The molecule has 21 heavy (non-hydrogen) atoms. The zero-order chi connectivity index (χ0) is 15.9. The van der Waals surface area contributed by atoms with Gasteiger partial charge in [0.1, 0.15) is 5.82 Å². The Labute approximate surface area is 120 Å². The van der Waals surface area contributed by atoms with Crippen LogP contribution in [0.1, 0.15) is 37.3 Å². The number of hydrogen-bond donors (Lipinski definition) is 2. The third kappa shape index (κ3) is 6.01. The van der Waals surface area contributed by atoms with E-state index in [1.807, 2.05) is 6.92 Å². The summed E-state index contributed by atoms with van der Waals surface area (Å²) in [5.74, 6) is -0.990. The molecular formula is C14H18F4N2O. The van der Waals surface area contributed by atoms with Crippen LogP contribution in [0.5, 0.6) is 0 Å². The molecule has 0 bridgehead atoms. The Morgan fingerprint density at radius 3 is 2.48 bits per heavy atom. The maximum atomic E-state index is 13.5. The van der Waals surface area contributed by atoms with Crippen LogP contribution in [0.2, 0.25) is 0 Å². The fourth-order valence-corrected chi connectivity index (χ4v) is 1.68. The minimum absolute atomic E-state index is 0.00621. The molecule has 0 aromatic heterocycles. The lowest BCUT2D eigenvalue weighted by molar-refractivity contribution is -0.137. The molecule has 2 N–H and O–H groups in total.